The fourth-order valence-corrected chi connectivity index (χ4v) is 5.19. The van der Waals surface area contributed by atoms with Crippen molar-refractivity contribution in [2.45, 2.75) is 31.7 Å². The van der Waals surface area contributed by atoms with Crippen molar-refractivity contribution in [2.24, 2.45) is 0 Å². The summed E-state index contributed by atoms with van der Waals surface area (Å²) in [5, 5.41) is 0.710. The van der Waals surface area contributed by atoms with Crippen molar-refractivity contribution in [2.75, 3.05) is 17.3 Å². The number of amides is 1. The van der Waals surface area contributed by atoms with E-state index < -0.39 is 0 Å². The standard InChI is InChI=1S/C26H26N2O2S2/c1-3-30-22-10-7-11-23-25(22)27-26(32-23)28(18-20-8-5-4-6-9-20)24(29)16-17-31-21-14-12-19(2)13-15-21/h4-15H,3,16-18H2,1-2H3. The second-order valence-corrected chi connectivity index (χ2v) is 9.59. The Labute approximate surface area is 197 Å². The van der Waals surface area contributed by atoms with Gasteiger partial charge in [-0.3, -0.25) is 9.69 Å². The Hall–Kier alpha value is -2.83. The molecule has 0 atom stereocenters. The van der Waals surface area contributed by atoms with Crippen LogP contribution in [-0.2, 0) is 11.3 Å². The van der Waals surface area contributed by atoms with Gasteiger partial charge < -0.3 is 4.74 Å². The summed E-state index contributed by atoms with van der Waals surface area (Å²) in [6.45, 7) is 5.12. The van der Waals surface area contributed by atoms with E-state index in [-0.39, 0.29) is 5.91 Å². The van der Waals surface area contributed by atoms with Gasteiger partial charge in [0.2, 0.25) is 5.91 Å². The number of fused-ring (bicyclic) bond motifs is 1. The van der Waals surface area contributed by atoms with Gasteiger partial charge in [0.15, 0.2) is 5.13 Å². The first-order valence-corrected chi connectivity index (χ1v) is 12.5. The maximum absolute atomic E-state index is 13.3. The molecule has 0 saturated heterocycles. The summed E-state index contributed by atoms with van der Waals surface area (Å²) in [7, 11) is 0. The van der Waals surface area contributed by atoms with Gasteiger partial charge in [0, 0.05) is 17.1 Å². The minimum Gasteiger partial charge on any atom is -0.492 e. The number of thioether (sulfide) groups is 1. The van der Waals surface area contributed by atoms with E-state index in [2.05, 4.69) is 31.2 Å². The van der Waals surface area contributed by atoms with Crippen LogP contribution in [-0.4, -0.2) is 23.3 Å². The van der Waals surface area contributed by atoms with Crippen LogP contribution in [0.2, 0.25) is 0 Å². The van der Waals surface area contributed by atoms with E-state index in [1.165, 1.54) is 21.8 Å². The molecular formula is C26H26N2O2S2. The number of anilines is 1. The normalized spacial score (nSPS) is 10.9. The van der Waals surface area contributed by atoms with Crippen molar-refractivity contribution in [3.63, 3.8) is 0 Å². The Kier molecular flexibility index (Phi) is 7.45. The number of carbonyl (C=O) groups excluding carboxylic acids is 1. The molecule has 0 bridgehead atoms. The van der Waals surface area contributed by atoms with Crippen LogP contribution in [0, 0.1) is 6.92 Å². The number of rotatable bonds is 9. The quantitative estimate of drug-likeness (QED) is 0.259. The molecule has 3 aromatic carbocycles. The predicted molar refractivity (Wildman–Crippen MR) is 135 cm³/mol. The van der Waals surface area contributed by atoms with E-state index >= 15 is 0 Å². The second kappa shape index (κ2) is 10.7. The monoisotopic (exact) mass is 462 g/mol. The van der Waals surface area contributed by atoms with Crippen molar-refractivity contribution in [1.29, 1.82) is 0 Å². The van der Waals surface area contributed by atoms with E-state index in [0.717, 1.165) is 27.3 Å². The molecule has 4 aromatic rings. The molecule has 1 aromatic heterocycles. The molecule has 1 amide bonds. The Morgan fingerprint density at radius 1 is 1.03 bits per heavy atom. The largest absolute Gasteiger partial charge is 0.492 e. The van der Waals surface area contributed by atoms with Gasteiger partial charge in [-0.2, -0.15) is 0 Å². The van der Waals surface area contributed by atoms with Crippen LogP contribution < -0.4 is 9.64 Å². The average Bonchev–Trinajstić information content (AvgIpc) is 3.24. The molecule has 0 aliphatic heterocycles. The van der Waals surface area contributed by atoms with Crippen LogP contribution in [0.5, 0.6) is 5.75 Å². The highest BCUT2D eigenvalue weighted by atomic mass is 32.2. The zero-order valence-electron chi connectivity index (χ0n) is 18.3. The fraction of sp³-hybridized carbons (Fsp3) is 0.231. The van der Waals surface area contributed by atoms with Gasteiger partial charge in [-0.15, -0.1) is 11.8 Å². The number of ether oxygens (including phenoxy) is 1. The van der Waals surface area contributed by atoms with Crippen molar-refractivity contribution in [3.8, 4) is 5.75 Å². The summed E-state index contributed by atoms with van der Waals surface area (Å²) in [5.41, 5.74) is 3.13. The Morgan fingerprint density at radius 2 is 1.81 bits per heavy atom. The molecule has 32 heavy (non-hydrogen) atoms. The lowest BCUT2D eigenvalue weighted by atomic mass is 10.2. The minimum atomic E-state index is 0.0745. The number of benzene rings is 3. The number of carbonyl (C=O) groups is 1. The van der Waals surface area contributed by atoms with Crippen LogP contribution in [0.15, 0.2) is 77.7 Å². The van der Waals surface area contributed by atoms with Gasteiger partial charge in [-0.25, -0.2) is 4.98 Å². The number of hydrogen-bond acceptors (Lipinski definition) is 5. The molecule has 0 spiro atoms. The van der Waals surface area contributed by atoms with Gasteiger partial charge in [0.1, 0.15) is 11.3 Å². The Bertz CT molecular complexity index is 1170. The predicted octanol–water partition coefficient (Wildman–Crippen LogP) is 6.72. The van der Waals surface area contributed by atoms with Gasteiger partial charge >= 0.3 is 0 Å². The lowest BCUT2D eigenvalue weighted by molar-refractivity contribution is -0.118. The first-order chi connectivity index (χ1) is 15.6. The van der Waals surface area contributed by atoms with E-state index in [1.807, 2.05) is 60.4 Å². The third-order valence-corrected chi connectivity index (χ3v) is 7.05. The van der Waals surface area contributed by atoms with Gasteiger partial charge in [0.05, 0.1) is 17.9 Å². The summed E-state index contributed by atoms with van der Waals surface area (Å²) < 4.78 is 6.77. The van der Waals surface area contributed by atoms with Crippen molar-refractivity contribution < 1.29 is 9.53 Å². The summed E-state index contributed by atoms with van der Waals surface area (Å²) in [4.78, 5) is 21.1. The topological polar surface area (TPSA) is 42.4 Å². The highest BCUT2D eigenvalue weighted by molar-refractivity contribution is 7.99. The number of aryl methyl sites for hydroxylation is 1. The highest BCUT2D eigenvalue weighted by Gasteiger charge is 2.21. The van der Waals surface area contributed by atoms with Crippen LogP contribution in [0.1, 0.15) is 24.5 Å². The van der Waals surface area contributed by atoms with Crippen molar-refractivity contribution in [3.05, 3.63) is 83.9 Å². The number of nitrogens with zero attached hydrogens (tertiary/aromatic N) is 2. The Morgan fingerprint density at radius 3 is 2.56 bits per heavy atom. The number of aromatic nitrogens is 1. The molecule has 0 unspecified atom stereocenters. The number of hydrogen-bond donors (Lipinski definition) is 0. The zero-order chi connectivity index (χ0) is 22.3. The smallest absolute Gasteiger partial charge is 0.229 e. The van der Waals surface area contributed by atoms with Gasteiger partial charge in [-0.1, -0.05) is 65.4 Å². The molecule has 0 radical (unpaired) electrons. The fourth-order valence-electron chi connectivity index (χ4n) is 3.35. The molecule has 0 saturated carbocycles. The first-order valence-electron chi connectivity index (χ1n) is 10.7. The van der Waals surface area contributed by atoms with E-state index in [0.29, 0.717) is 24.7 Å². The number of thiazole rings is 1. The lowest BCUT2D eigenvalue weighted by Crippen LogP contribution is -2.30. The van der Waals surface area contributed by atoms with Crippen LogP contribution >= 0.6 is 23.1 Å². The van der Waals surface area contributed by atoms with Crippen LogP contribution in [0.25, 0.3) is 10.2 Å². The minimum absolute atomic E-state index is 0.0745. The maximum Gasteiger partial charge on any atom is 0.229 e. The van der Waals surface area contributed by atoms with E-state index in [1.54, 1.807) is 11.8 Å². The maximum atomic E-state index is 13.3. The molecule has 6 heteroatoms. The molecule has 4 rings (SSSR count). The molecule has 0 aliphatic rings. The van der Waals surface area contributed by atoms with Crippen LogP contribution in [0.4, 0.5) is 5.13 Å². The first kappa shape index (κ1) is 22.4. The molecule has 0 N–H and O–H groups in total. The SMILES string of the molecule is CCOc1cccc2sc(N(Cc3ccccc3)C(=O)CCSc3ccc(C)cc3)nc12. The summed E-state index contributed by atoms with van der Waals surface area (Å²) in [6, 6.07) is 24.4. The molecule has 4 nitrogen and oxygen atoms in total. The third kappa shape index (κ3) is 5.50. The molecule has 164 valence electrons. The van der Waals surface area contributed by atoms with E-state index in [9.17, 15) is 4.79 Å². The van der Waals surface area contributed by atoms with Crippen LogP contribution in [0.3, 0.4) is 0 Å². The summed E-state index contributed by atoms with van der Waals surface area (Å²) in [5.74, 6) is 1.56. The molecular weight excluding hydrogens is 436 g/mol. The second-order valence-electron chi connectivity index (χ2n) is 7.41. The Balaban J connectivity index is 1.55. The summed E-state index contributed by atoms with van der Waals surface area (Å²) in [6.07, 6.45) is 0.444. The van der Waals surface area contributed by atoms with Gasteiger partial charge in [-0.05, 0) is 43.7 Å². The van der Waals surface area contributed by atoms with Crippen molar-refractivity contribution in [1.82, 2.24) is 4.98 Å². The number of para-hydroxylation sites is 1. The third-order valence-electron chi connectivity index (χ3n) is 4.99. The average molecular weight is 463 g/mol. The summed E-state index contributed by atoms with van der Waals surface area (Å²) >= 11 is 3.24. The molecule has 1 heterocycles. The zero-order valence-corrected chi connectivity index (χ0v) is 19.9. The van der Waals surface area contributed by atoms with Crippen molar-refractivity contribution >= 4 is 44.4 Å². The lowest BCUT2D eigenvalue weighted by Gasteiger charge is -2.20. The van der Waals surface area contributed by atoms with E-state index in [4.69, 9.17) is 9.72 Å². The molecule has 0 fully saturated rings. The molecule has 0 aliphatic carbocycles. The highest BCUT2D eigenvalue weighted by Crippen LogP contribution is 2.35. The van der Waals surface area contributed by atoms with Gasteiger partial charge in [0.25, 0.3) is 0 Å².